The van der Waals surface area contributed by atoms with Gasteiger partial charge in [0.25, 0.3) is 0 Å². The molecule has 1 aliphatic carbocycles. The van der Waals surface area contributed by atoms with Gasteiger partial charge in [-0.1, -0.05) is 0 Å². The summed E-state index contributed by atoms with van der Waals surface area (Å²) in [5.41, 5.74) is 5.17. The Labute approximate surface area is 225 Å². The number of aromatic nitrogens is 1. The topological polar surface area (TPSA) is 121 Å². The first-order valence-electron chi connectivity index (χ1n) is 12.5. The van der Waals surface area contributed by atoms with Gasteiger partial charge in [-0.05, 0) is 81.5 Å². The van der Waals surface area contributed by atoms with E-state index in [-0.39, 0.29) is 6.03 Å². The molecule has 3 N–H and O–H groups in total. The molecular formula is C28H29FN6O4. The number of nitrogens with one attached hydrogen (secondary N) is 1. The first-order valence-corrected chi connectivity index (χ1v) is 12.5. The number of nitrogens with two attached hydrogens (primary N) is 1. The number of ether oxygens (including phenoxy) is 1. The largest absolute Gasteiger partial charge is 0.457 e. The minimum atomic E-state index is -1.26. The zero-order valence-electron chi connectivity index (χ0n) is 21.6. The SMILES string of the molecule is CN(C)C1CN(C(=O)Nc2cc(Oc3ccc(N(C(=O)C4(C(N)=O)CC4)c4ccc(F)cc4)cc3)ccn2)C1. The summed E-state index contributed by atoms with van der Waals surface area (Å²) >= 11 is 0. The van der Waals surface area contributed by atoms with Gasteiger partial charge in [-0.3, -0.25) is 19.8 Å². The molecule has 1 saturated carbocycles. The van der Waals surface area contributed by atoms with E-state index in [1.54, 1.807) is 41.3 Å². The second-order valence-corrected chi connectivity index (χ2v) is 9.99. The summed E-state index contributed by atoms with van der Waals surface area (Å²) in [6, 6.07) is 15.5. The van der Waals surface area contributed by atoms with Gasteiger partial charge in [-0.15, -0.1) is 0 Å². The Morgan fingerprint density at radius 2 is 1.62 bits per heavy atom. The molecule has 0 spiro atoms. The van der Waals surface area contributed by atoms with Gasteiger partial charge in [0, 0.05) is 42.8 Å². The number of rotatable bonds is 8. The van der Waals surface area contributed by atoms with Crippen LogP contribution in [0.5, 0.6) is 11.5 Å². The lowest BCUT2D eigenvalue weighted by molar-refractivity contribution is -0.133. The van der Waals surface area contributed by atoms with Crippen molar-refractivity contribution in [3.05, 3.63) is 72.7 Å². The minimum Gasteiger partial charge on any atom is -0.457 e. The Kier molecular flexibility index (Phi) is 6.92. The Hall–Kier alpha value is -4.51. The van der Waals surface area contributed by atoms with Crippen molar-refractivity contribution in [2.75, 3.05) is 37.4 Å². The maximum absolute atomic E-state index is 13.6. The zero-order chi connectivity index (χ0) is 27.7. The van der Waals surface area contributed by atoms with E-state index in [1.807, 2.05) is 14.1 Å². The molecule has 0 atom stereocenters. The average Bonchev–Trinajstić information content (AvgIpc) is 3.68. The van der Waals surface area contributed by atoms with Gasteiger partial charge in [0.15, 0.2) is 0 Å². The number of anilines is 3. The molecule has 1 saturated heterocycles. The number of carbonyl (C=O) groups excluding carboxylic acids is 3. The van der Waals surface area contributed by atoms with Crippen LogP contribution in [0.1, 0.15) is 12.8 Å². The molecule has 2 aliphatic rings. The second kappa shape index (κ2) is 10.3. The van der Waals surface area contributed by atoms with E-state index < -0.39 is 23.0 Å². The fourth-order valence-electron chi connectivity index (χ4n) is 4.36. The van der Waals surface area contributed by atoms with Crippen LogP contribution >= 0.6 is 0 Å². The van der Waals surface area contributed by atoms with Crippen LogP contribution in [0.2, 0.25) is 0 Å². The molecule has 4 amide bonds. The van der Waals surface area contributed by atoms with E-state index in [0.717, 1.165) is 0 Å². The van der Waals surface area contributed by atoms with Crippen molar-refractivity contribution in [1.29, 1.82) is 0 Å². The van der Waals surface area contributed by atoms with Crippen LogP contribution in [0.25, 0.3) is 0 Å². The molecule has 11 heteroatoms. The zero-order valence-corrected chi connectivity index (χ0v) is 21.6. The standard InChI is InChI=1S/C28H29FN6O4/c1-33(2)21-16-34(17-21)27(38)32-24-15-23(11-14-31-24)39-22-9-7-20(8-10-22)35(19-5-3-18(29)4-6-19)26(37)28(12-13-28)25(30)36/h3-11,14-15,21H,12-13,16-17H2,1-2H3,(H2,30,36)(H,31,32,38). The second-order valence-electron chi connectivity index (χ2n) is 9.99. The Morgan fingerprint density at radius 1 is 1.00 bits per heavy atom. The summed E-state index contributed by atoms with van der Waals surface area (Å²) in [7, 11) is 3.97. The third kappa shape index (κ3) is 5.39. The predicted molar refractivity (Wildman–Crippen MR) is 143 cm³/mol. The monoisotopic (exact) mass is 532 g/mol. The highest BCUT2D eigenvalue weighted by atomic mass is 19.1. The van der Waals surface area contributed by atoms with Crippen LogP contribution in [0.15, 0.2) is 66.9 Å². The summed E-state index contributed by atoms with van der Waals surface area (Å²) < 4.78 is 19.5. The average molecular weight is 533 g/mol. The highest BCUT2D eigenvalue weighted by Gasteiger charge is 2.57. The molecule has 0 bridgehead atoms. The van der Waals surface area contributed by atoms with E-state index >= 15 is 0 Å². The summed E-state index contributed by atoms with van der Waals surface area (Å²) in [5, 5.41) is 2.79. The third-order valence-corrected chi connectivity index (χ3v) is 7.10. The molecule has 2 aromatic carbocycles. The summed E-state index contributed by atoms with van der Waals surface area (Å²) in [4.78, 5) is 47.3. The summed E-state index contributed by atoms with van der Waals surface area (Å²) in [6.07, 6.45) is 2.27. The molecule has 202 valence electrons. The van der Waals surface area contributed by atoms with E-state index in [2.05, 4.69) is 15.2 Å². The number of hydrogen-bond donors (Lipinski definition) is 2. The first kappa shape index (κ1) is 26.1. The number of pyridine rings is 1. The van der Waals surface area contributed by atoms with Gasteiger partial charge in [0.2, 0.25) is 11.8 Å². The number of likely N-dealkylation sites (tertiary alicyclic amines) is 1. The fourth-order valence-corrected chi connectivity index (χ4v) is 4.36. The first-order chi connectivity index (χ1) is 18.7. The van der Waals surface area contributed by atoms with Crippen LogP contribution in [0.4, 0.5) is 26.4 Å². The number of primary amides is 1. The van der Waals surface area contributed by atoms with Gasteiger partial charge in [-0.25, -0.2) is 14.2 Å². The smallest absolute Gasteiger partial charge is 0.323 e. The molecule has 0 unspecified atom stereocenters. The van der Waals surface area contributed by atoms with Crippen molar-refractivity contribution in [2.24, 2.45) is 11.1 Å². The molecular weight excluding hydrogens is 503 g/mol. The van der Waals surface area contributed by atoms with Gasteiger partial charge in [0.05, 0.1) is 0 Å². The van der Waals surface area contributed by atoms with Gasteiger partial charge >= 0.3 is 6.03 Å². The van der Waals surface area contributed by atoms with Crippen molar-refractivity contribution >= 4 is 35.0 Å². The van der Waals surface area contributed by atoms with E-state index in [0.29, 0.717) is 60.7 Å². The van der Waals surface area contributed by atoms with Crippen molar-refractivity contribution in [1.82, 2.24) is 14.8 Å². The molecule has 10 nitrogen and oxygen atoms in total. The van der Waals surface area contributed by atoms with Crippen LogP contribution in [-0.2, 0) is 9.59 Å². The van der Waals surface area contributed by atoms with Crippen molar-refractivity contribution in [3.63, 3.8) is 0 Å². The van der Waals surface area contributed by atoms with E-state index in [4.69, 9.17) is 10.5 Å². The molecule has 3 aromatic rings. The number of nitrogens with zero attached hydrogens (tertiary/aromatic N) is 4. The predicted octanol–water partition coefficient (Wildman–Crippen LogP) is 3.72. The molecule has 2 heterocycles. The van der Waals surface area contributed by atoms with Crippen LogP contribution < -0.4 is 20.7 Å². The lowest BCUT2D eigenvalue weighted by Gasteiger charge is -2.42. The summed E-state index contributed by atoms with van der Waals surface area (Å²) in [6.45, 7) is 1.30. The number of urea groups is 1. The minimum absolute atomic E-state index is 0.225. The van der Waals surface area contributed by atoms with E-state index in [1.165, 1.54) is 35.4 Å². The number of likely N-dealkylation sites (N-methyl/N-ethyl adjacent to an activating group) is 1. The Morgan fingerprint density at radius 3 is 2.18 bits per heavy atom. The quantitative estimate of drug-likeness (QED) is 0.427. The van der Waals surface area contributed by atoms with Crippen LogP contribution in [0.3, 0.4) is 0 Å². The number of benzene rings is 2. The normalized spacial score (nSPS) is 15.8. The highest BCUT2D eigenvalue weighted by molar-refractivity contribution is 6.16. The number of hydrogen-bond acceptors (Lipinski definition) is 6. The molecule has 2 fully saturated rings. The van der Waals surface area contributed by atoms with Crippen molar-refractivity contribution < 1.29 is 23.5 Å². The molecule has 1 aromatic heterocycles. The van der Waals surface area contributed by atoms with Crippen LogP contribution in [0, 0.1) is 11.2 Å². The Bertz CT molecular complexity index is 1390. The molecule has 0 radical (unpaired) electrons. The molecule has 1 aliphatic heterocycles. The fraction of sp³-hybridized carbons (Fsp3) is 0.286. The van der Waals surface area contributed by atoms with Gasteiger partial charge in [-0.2, -0.15) is 0 Å². The maximum atomic E-state index is 13.6. The van der Waals surface area contributed by atoms with Crippen LogP contribution in [-0.4, -0.2) is 65.9 Å². The maximum Gasteiger partial charge on any atom is 0.323 e. The lowest BCUT2D eigenvalue weighted by Crippen LogP contribution is -2.60. The molecule has 39 heavy (non-hydrogen) atoms. The van der Waals surface area contributed by atoms with Crippen molar-refractivity contribution in [2.45, 2.75) is 18.9 Å². The third-order valence-electron chi connectivity index (χ3n) is 7.10. The lowest BCUT2D eigenvalue weighted by atomic mass is 10.0. The van der Waals surface area contributed by atoms with Gasteiger partial charge < -0.3 is 20.3 Å². The number of halogens is 1. The van der Waals surface area contributed by atoms with Crippen molar-refractivity contribution in [3.8, 4) is 11.5 Å². The summed E-state index contributed by atoms with van der Waals surface area (Å²) in [5.74, 6) is -0.282. The van der Waals surface area contributed by atoms with E-state index in [9.17, 15) is 18.8 Å². The highest BCUT2D eigenvalue weighted by Crippen LogP contribution is 2.49. The molecule has 5 rings (SSSR count). The number of amides is 4. The van der Waals surface area contributed by atoms with Gasteiger partial charge in [0.1, 0.15) is 28.5 Å². The number of carbonyl (C=O) groups is 3. The Balaban J connectivity index is 1.30.